The Labute approximate surface area is 177 Å². The van der Waals surface area contributed by atoms with Crippen LogP contribution in [0.1, 0.15) is 41.4 Å². The molecule has 1 aliphatic rings. The molecule has 0 saturated carbocycles. The Kier molecular flexibility index (Phi) is 5.79. The Morgan fingerprint density at radius 1 is 1.07 bits per heavy atom. The van der Waals surface area contributed by atoms with Gasteiger partial charge < -0.3 is 19.4 Å². The molecule has 1 heterocycles. The van der Waals surface area contributed by atoms with E-state index >= 15 is 0 Å². The zero-order valence-corrected chi connectivity index (χ0v) is 17.8. The molecule has 0 spiro atoms. The van der Waals surface area contributed by atoms with Crippen LogP contribution in [0.25, 0.3) is 10.9 Å². The number of hydrogen-bond acceptors (Lipinski definition) is 3. The largest absolute Gasteiger partial charge is 0.497 e. The van der Waals surface area contributed by atoms with Crippen molar-refractivity contribution in [2.45, 2.75) is 39.2 Å². The molecule has 0 radical (unpaired) electrons. The van der Waals surface area contributed by atoms with Gasteiger partial charge in [0.15, 0.2) is 0 Å². The Hall–Kier alpha value is -3.21. The maximum atomic E-state index is 13.3. The fourth-order valence-corrected chi connectivity index (χ4v) is 4.38. The van der Waals surface area contributed by atoms with Crippen LogP contribution in [0.4, 0.5) is 5.69 Å². The molecule has 4 rings (SSSR count). The van der Waals surface area contributed by atoms with Crippen LogP contribution >= 0.6 is 0 Å². The molecule has 1 N–H and O–H groups in total. The number of ether oxygens (including phenoxy) is 2. The molecule has 2 aromatic carbocycles. The Morgan fingerprint density at radius 3 is 2.53 bits per heavy atom. The van der Waals surface area contributed by atoms with E-state index in [4.69, 9.17) is 9.47 Å². The van der Waals surface area contributed by atoms with Gasteiger partial charge in [0.1, 0.15) is 11.5 Å². The molecule has 156 valence electrons. The zero-order chi connectivity index (χ0) is 21.1. The van der Waals surface area contributed by atoms with Crippen molar-refractivity contribution in [1.29, 1.82) is 0 Å². The fourth-order valence-electron chi connectivity index (χ4n) is 4.38. The molecule has 0 fully saturated rings. The summed E-state index contributed by atoms with van der Waals surface area (Å²) in [7, 11) is 3.32. The number of aryl methyl sites for hydroxylation is 1. The SMILES string of the molecule is C/C=C/Cn1c2c(c3c(C(=O)Nc4ccc(OC)cc4)ccc(OC)c31)CCCC2. The van der Waals surface area contributed by atoms with E-state index in [-0.39, 0.29) is 5.91 Å². The summed E-state index contributed by atoms with van der Waals surface area (Å²) < 4.78 is 13.2. The van der Waals surface area contributed by atoms with Crippen LogP contribution in [-0.4, -0.2) is 24.7 Å². The summed E-state index contributed by atoms with van der Waals surface area (Å²) in [6.07, 6.45) is 8.56. The number of aromatic nitrogens is 1. The molecule has 0 aliphatic heterocycles. The minimum absolute atomic E-state index is 0.107. The number of hydrogen-bond donors (Lipinski definition) is 1. The molecule has 5 nitrogen and oxygen atoms in total. The number of carbonyl (C=O) groups excluding carboxylic acids is 1. The Bertz CT molecular complexity index is 1090. The lowest BCUT2D eigenvalue weighted by molar-refractivity contribution is 0.102. The molecule has 5 heteroatoms. The number of nitrogens with zero attached hydrogens (tertiary/aromatic N) is 1. The number of carbonyl (C=O) groups is 1. The highest BCUT2D eigenvalue weighted by molar-refractivity contribution is 6.15. The van der Waals surface area contributed by atoms with Crippen LogP contribution in [0.5, 0.6) is 11.5 Å². The smallest absolute Gasteiger partial charge is 0.256 e. The van der Waals surface area contributed by atoms with Crippen molar-refractivity contribution in [1.82, 2.24) is 4.57 Å². The third-order valence-corrected chi connectivity index (χ3v) is 5.81. The van der Waals surface area contributed by atoms with Gasteiger partial charge in [0, 0.05) is 28.9 Å². The van der Waals surface area contributed by atoms with Gasteiger partial charge in [0.05, 0.1) is 19.7 Å². The normalized spacial score (nSPS) is 13.4. The summed E-state index contributed by atoms with van der Waals surface area (Å²) in [5.74, 6) is 1.46. The third-order valence-electron chi connectivity index (χ3n) is 5.81. The van der Waals surface area contributed by atoms with Gasteiger partial charge in [-0.3, -0.25) is 4.79 Å². The second kappa shape index (κ2) is 8.66. The number of allylic oxidation sites excluding steroid dienone is 2. The molecule has 1 amide bonds. The molecule has 30 heavy (non-hydrogen) atoms. The molecule has 1 aromatic heterocycles. The zero-order valence-electron chi connectivity index (χ0n) is 17.8. The molecule has 0 unspecified atom stereocenters. The van der Waals surface area contributed by atoms with Crippen LogP contribution in [0.2, 0.25) is 0 Å². The Balaban J connectivity index is 1.83. The van der Waals surface area contributed by atoms with E-state index < -0.39 is 0 Å². The van der Waals surface area contributed by atoms with Crippen LogP contribution in [0.15, 0.2) is 48.6 Å². The molecule has 0 saturated heterocycles. The molecular weight excluding hydrogens is 376 g/mol. The predicted octanol–water partition coefficient (Wildman–Crippen LogP) is 5.37. The van der Waals surface area contributed by atoms with Gasteiger partial charge in [-0.2, -0.15) is 0 Å². The van der Waals surface area contributed by atoms with Crippen molar-refractivity contribution in [3.8, 4) is 11.5 Å². The number of fused-ring (bicyclic) bond motifs is 3. The highest BCUT2D eigenvalue weighted by atomic mass is 16.5. The van der Waals surface area contributed by atoms with E-state index in [1.807, 2.05) is 43.3 Å². The lowest BCUT2D eigenvalue weighted by Crippen LogP contribution is -2.13. The number of amides is 1. The summed E-state index contributed by atoms with van der Waals surface area (Å²) in [5, 5.41) is 4.07. The lowest BCUT2D eigenvalue weighted by Gasteiger charge is -2.15. The lowest BCUT2D eigenvalue weighted by atomic mass is 9.93. The van der Waals surface area contributed by atoms with Crippen LogP contribution in [0.3, 0.4) is 0 Å². The van der Waals surface area contributed by atoms with Crippen molar-refractivity contribution in [3.05, 3.63) is 65.4 Å². The minimum Gasteiger partial charge on any atom is -0.497 e. The second-order valence-corrected chi connectivity index (χ2v) is 7.53. The van der Waals surface area contributed by atoms with Gasteiger partial charge in [-0.25, -0.2) is 0 Å². The maximum Gasteiger partial charge on any atom is 0.256 e. The van der Waals surface area contributed by atoms with Crippen LogP contribution in [-0.2, 0) is 19.4 Å². The van der Waals surface area contributed by atoms with Crippen molar-refractivity contribution in [2.75, 3.05) is 19.5 Å². The van der Waals surface area contributed by atoms with E-state index in [9.17, 15) is 4.79 Å². The third kappa shape index (κ3) is 3.56. The van der Waals surface area contributed by atoms with Gasteiger partial charge in [-0.05, 0) is 74.6 Å². The highest BCUT2D eigenvalue weighted by Gasteiger charge is 2.26. The van der Waals surface area contributed by atoms with Crippen molar-refractivity contribution in [2.24, 2.45) is 0 Å². The molecular formula is C25H28N2O3. The molecule has 3 aromatic rings. The average molecular weight is 405 g/mol. The summed E-state index contributed by atoms with van der Waals surface area (Å²) in [6, 6.07) is 11.2. The number of anilines is 1. The van der Waals surface area contributed by atoms with E-state index in [0.29, 0.717) is 5.56 Å². The van der Waals surface area contributed by atoms with Gasteiger partial charge in [-0.1, -0.05) is 12.2 Å². The summed E-state index contributed by atoms with van der Waals surface area (Å²) in [5.41, 5.74) is 5.08. The van der Waals surface area contributed by atoms with Crippen molar-refractivity contribution in [3.63, 3.8) is 0 Å². The second-order valence-electron chi connectivity index (χ2n) is 7.53. The van der Waals surface area contributed by atoms with Crippen LogP contribution < -0.4 is 14.8 Å². The summed E-state index contributed by atoms with van der Waals surface area (Å²) in [4.78, 5) is 13.3. The van der Waals surface area contributed by atoms with E-state index in [1.165, 1.54) is 17.7 Å². The first-order valence-corrected chi connectivity index (χ1v) is 10.5. The number of rotatable bonds is 6. The number of methoxy groups -OCH3 is 2. The van der Waals surface area contributed by atoms with Gasteiger partial charge in [0.25, 0.3) is 5.91 Å². The number of nitrogens with one attached hydrogen (secondary N) is 1. The minimum atomic E-state index is -0.107. The highest BCUT2D eigenvalue weighted by Crippen LogP contribution is 2.39. The standard InChI is InChI=1S/C25H28N2O3/c1-4-5-16-27-21-9-7-6-8-19(21)23-20(14-15-22(30-3)24(23)27)25(28)26-17-10-12-18(29-2)13-11-17/h4-5,10-15H,6-9,16H2,1-3H3,(H,26,28)/b5-4+. The van der Waals surface area contributed by atoms with E-state index in [2.05, 4.69) is 22.0 Å². The van der Waals surface area contributed by atoms with Crippen LogP contribution in [0, 0.1) is 0 Å². The monoisotopic (exact) mass is 404 g/mol. The summed E-state index contributed by atoms with van der Waals surface area (Å²) in [6.45, 7) is 2.81. The van der Waals surface area contributed by atoms with Crippen molar-refractivity contribution >= 4 is 22.5 Å². The topological polar surface area (TPSA) is 52.5 Å². The van der Waals surface area contributed by atoms with Gasteiger partial charge >= 0.3 is 0 Å². The van der Waals surface area contributed by atoms with Gasteiger partial charge in [-0.15, -0.1) is 0 Å². The first-order chi connectivity index (χ1) is 14.7. The molecule has 1 aliphatic carbocycles. The van der Waals surface area contributed by atoms with E-state index in [1.54, 1.807) is 14.2 Å². The quantitative estimate of drug-likeness (QED) is 0.562. The molecule has 0 bridgehead atoms. The summed E-state index contributed by atoms with van der Waals surface area (Å²) >= 11 is 0. The van der Waals surface area contributed by atoms with Crippen molar-refractivity contribution < 1.29 is 14.3 Å². The average Bonchev–Trinajstić information content (AvgIpc) is 3.12. The maximum absolute atomic E-state index is 13.3. The fraction of sp³-hybridized carbons (Fsp3) is 0.320. The number of benzene rings is 2. The predicted molar refractivity (Wildman–Crippen MR) is 121 cm³/mol. The first-order valence-electron chi connectivity index (χ1n) is 10.5. The molecule has 0 atom stereocenters. The van der Waals surface area contributed by atoms with E-state index in [0.717, 1.165) is 53.9 Å². The Morgan fingerprint density at radius 2 is 1.83 bits per heavy atom. The first kappa shape index (κ1) is 20.1. The van der Waals surface area contributed by atoms with Gasteiger partial charge in [0.2, 0.25) is 0 Å².